The molecule has 0 unspecified atom stereocenters. The summed E-state index contributed by atoms with van der Waals surface area (Å²) in [4.78, 5) is 17.0. The van der Waals surface area contributed by atoms with Crippen LogP contribution in [-0.4, -0.2) is 17.4 Å². The summed E-state index contributed by atoms with van der Waals surface area (Å²) in [5.41, 5.74) is 3.96. The standard InChI is InChI=1S/C16H19N3OS/c1-10(2)14-9-21-16(18-14)19-15(20)12-5-3-7-13-11(12)6-4-8-17-13/h3,5,7,9-10,17H,4,6,8H2,1-2H3,(H,18,19,20). The summed E-state index contributed by atoms with van der Waals surface area (Å²) >= 11 is 1.48. The predicted molar refractivity (Wildman–Crippen MR) is 87.4 cm³/mol. The van der Waals surface area contributed by atoms with Crippen molar-refractivity contribution in [3.05, 3.63) is 40.4 Å². The summed E-state index contributed by atoms with van der Waals surface area (Å²) in [5.74, 6) is 0.306. The lowest BCUT2D eigenvalue weighted by atomic mass is 9.97. The molecule has 2 N–H and O–H groups in total. The van der Waals surface area contributed by atoms with E-state index in [2.05, 4.69) is 29.5 Å². The second kappa shape index (κ2) is 5.85. The van der Waals surface area contributed by atoms with Gasteiger partial charge < -0.3 is 5.32 Å². The number of carbonyl (C=O) groups excluding carboxylic acids is 1. The number of thiazole rings is 1. The van der Waals surface area contributed by atoms with Crippen LogP contribution < -0.4 is 10.6 Å². The highest BCUT2D eigenvalue weighted by atomic mass is 32.1. The maximum atomic E-state index is 12.5. The minimum atomic E-state index is -0.0693. The van der Waals surface area contributed by atoms with Gasteiger partial charge in [-0.2, -0.15) is 0 Å². The molecule has 0 atom stereocenters. The average Bonchev–Trinajstić information content (AvgIpc) is 2.95. The summed E-state index contributed by atoms with van der Waals surface area (Å²) in [5, 5.41) is 8.95. The molecule has 0 radical (unpaired) electrons. The maximum Gasteiger partial charge on any atom is 0.257 e. The molecule has 1 aromatic carbocycles. The molecule has 0 bridgehead atoms. The van der Waals surface area contributed by atoms with Crippen LogP contribution in [0.2, 0.25) is 0 Å². The summed E-state index contributed by atoms with van der Waals surface area (Å²) < 4.78 is 0. The number of fused-ring (bicyclic) bond motifs is 1. The number of rotatable bonds is 3. The third-order valence-corrected chi connectivity index (χ3v) is 4.45. The SMILES string of the molecule is CC(C)c1csc(NC(=O)c2cccc3c2CCCN3)n1. The van der Waals surface area contributed by atoms with Crippen molar-refractivity contribution in [1.82, 2.24) is 4.98 Å². The van der Waals surface area contributed by atoms with Crippen molar-refractivity contribution < 1.29 is 4.79 Å². The Morgan fingerprint density at radius 1 is 1.43 bits per heavy atom. The largest absolute Gasteiger partial charge is 0.385 e. The van der Waals surface area contributed by atoms with Crippen LogP contribution in [0.3, 0.4) is 0 Å². The highest BCUT2D eigenvalue weighted by molar-refractivity contribution is 7.14. The van der Waals surface area contributed by atoms with E-state index in [4.69, 9.17) is 0 Å². The van der Waals surface area contributed by atoms with Crippen LogP contribution in [0.15, 0.2) is 23.6 Å². The Balaban J connectivity index is 1.82. The summed E-state index contributed by atoms with van der Waals surface area (Å²) in [7, 11) is 0. The van der Waals surface area contributed by atoms with E-state index in [-0.39, 0.29) is 5.91 Å². The lowest BCUT2D eigenvalue weighted by Gasteiger charge is -2.20. The number of hydrogen-bond donors (Lipinski definition) is 2. The number of aromatic nitrogens is 1. The molecule has 3 rings (SSSR count). The van der Waals surface area contributed by atoms with E-state index in [1.54, 1.807) is 0 Å². The summed E-state index contributed by atoms with van der Waals surface area (Å²) in [6, 6.07) is 5.84. The molecule has 110 valence electrons. The topological polar surface area (TPSA) is 54.0 Å². The van der Waals surface area contributed by atoms with Crippen molar-refractivity contribution in [3.63, 3.8) is 0 Å². The normalized spacial score (nSPS) is 13.7. The first-order valence-electron chi connectivity index (χ1n) is 7.27. The lowest BCUT2D eigenvalue weighted by Crippen LogP contribution is -2.19. The molecule has 1 amide bonds. The third-order valence-electron chi connectivity index (χ3n) is 3.67. The van der Waals surface area contributed by atoms with Crippen molar-refractivity contribution >= 4 is 28.1 Å². The highest BCUT2D eigenvalue weighted by Gasteiger charge is 2.18. The van der Waals surface area contributed by atoms with Gasteiger partial charge in [0.05, 0.1) is 5.69 Å². The van der Waals surface area contributed by atoms with E-state index in [1.807, 2.05) is 23.6 Å². The number of nitrogens with one attached hydrogen (secondary N) is 2. The molecule has 0 spiro atoms. The monoisotopic (exact) mass is 301 g/mol. The molecule has 1 aliphatic heterocycles. The van der Waals surface area contributed by atoms with E-state index in [0.717, 1.165) is 41.9 Å². The van der Waals surface area contributed by atoms with Crippen molar-refractivity contribution in [2.45, 2.75) is 32.6 Å². The summed E-state index contributed by atoms with van der Waals surface area (Å²) in [6.45, 7) is 5.17. The Hall–Kier alpha value is -1.88. The van der Waals surface area contributed by atoms with E-state index in [1.165, 1.54) is 11.3 Å². The van der Waals surface area contributed by atoms with Crippen molar-refractivity contribution in [3.8, 4) is 0 Å². The zero-order chi connectivity index (χ0) is 14.8. The predicted octanol–water partition coefficient (Wildman–Crippen LogP) is 3.88. The van der Waals surface area contributed by atoms with Gasteiger partial charge in [0, 0.05) is 23.2 Å². The molecular weight excluding hydrogens is 282 g/mol. The first-order chi connectivity index (χ1) is 10.1. The zero-order valence-electron chi connectivity index (χ0n) is 12.3. The van der Waals surface area contributed by atoms with Crippen LogP contribution >= 0.6 is 11.3 Å². The maximum absolute atomic E-state index is 12.5. The molecule has 2 aromatic rings. The number of hydrogen-bond acceptors (Lipinski definition) is 4. The van der Waals surface area contributed by atoms with Gasteiger partial charge in [-0.15, -0.1) is 11.3 Å². The van der Waals surface area contributed by atoms with Gasteiger partial charge in [0.25, 0.3) is 5.91 Å². The first-order valence-corrected chi connectivity index (χ1v) is 8.15. The van der Waals surface area contributed by atoms with Gasteiger partial charge >= 0.3 is 0 Å². The van der Waals surface area contributed by atoms with E-state index in [0.29, 0.717) is 11.0 Å². The molecule has 1 aliphatic rings. The molecule has 1 aromatic heterocycles. The number of nitrogens with zero attached hydrogens (tertiary/aromatic N) is 1. The smallest absolute Gasteiger partial charge is 0.257 e. The Bertz CT molecular complexity index is 663. The van der Waals surface area contributed by atoms with Gasteiger partial charge in [0.15, 0.2) is 5.13 Å². The number of amides is 1. The molecule has 0 aliphatic carbocycles. The van der Waals surface area contributed by atoms with Gasteiger partial charge in [0.2, 0.25) is 0 Å². The second-order valence-electron chi connectivity index (χ2n) is 5.55. The fourth-order valence-corrected chi connectivity index (χ4v) is 3.36. The molecular formula is C16H19N3OS. The Morgan fingerprint density at radius 3 is 3.05 bits per heavy atom. The van der Waals surface area contributed by atoms with Crippen LogP contribution in [0.4, 0.5) is 10.8 Å². The van der Waals surface area contributed by atoms with E-state index in [9.17, 15) is 4.79 Å². The number of benzene rings is 1. The van der Waals surface area contributed by atoms with Gasteiger partial charge in [0.1, 0.15) is 0 Å². The molecule has 0 saturated heterocycles. The van der Waals surface area contributed by atoms with Gasteiger partial charge in [-0.05, 0) is 36.5 Å². The Morgan fingerprint density at radius 2 is 2.29 bits per heavy atom. The first kappa shape index (κ1) is 14.1. The highest BCUT2D eigenvalue weighted by Crippen LogP contribution is 2.27. The molecule has 0 fully saturated rings. The lowest BCUT2D eigenvalue weighted by molar-refractivity contribution is 0.102. The van der Waals surface area contributed by atoms with Crippen LogP contribution in [0, 0.1) is 0 Å². The fourth-order valence-electron chi connectivity index (χ4n) is 2.50. The summed E-state index contributed by atoms with van der Waals surface area (Å²) in [6.07, 6.45) is 2.01. The average molecular weight is 301 g/mol. The molecule has 0 saturated carbocycles. The van der Waals surface area contributed by atoms with Crippen LogP contribution in [-0.2, 0) is 6.42 Å². The van der Waals surface area contributed by atoms with Crippen LogP contribution in [0.25, 0.3) is 0 Å². The number of anilines is 2. The van der Waals surface area contributed by atoms with Gasteiger partial charge in [-0.1, -0.05) is 19.9 Å². The molecule has 5 heteroatoms. The molecule has 4 nitrogen and oxygen atoms in total. The minimum Gasteiger partial charge on any atom is -0.385 e. The van der Waals surface area contributed by atoms with E-state index < -0.39 is 0 Å². The molecule has 2 heterocycles. The number of carbonyl (C=O) groups is 1. The van der Waals surface area contributed by atoms with Crippen LogP contribution in [0.5, 0.6) is 0 Å². The second-order valence-corrected chi connectivity index (χ2v) is 6.41. The van der Waals surface area contributed by atoms with E-state index >= 15 is 0 Å². The Labute approximate surface area is 128 Å². The zero-order valence-corrected chi connectivity index (χ0v) is 13.1. The van der Waals surface area contributed by atoms with Gasteiger partial charge in [-0.25, -0.2) is 4.98 Å². The Kier molecular flexibility index (Phi) is 3.92. The fraction of sp³-hybridized carbons (Fsp3) is 0.375. The third kappa shape index (κ3) is 2.93. The van der Waals surface area contributed by atoms with Crippen molar-refractivity contribution in [2.75, 3.05) is 17.2 Å². The van der Waals surface area contributed by atoms with Crippen molar-refractivity contribution in [1.29, 1.82) is 0 Å². The minimum absolute atomic E-state index is 0.0693. The van der Waals surface area contributed by atoms with Gasteiger partial charge in [-0.3, -0.25) is 10.1 Å². The molecule has 21 heavy (non-hydrogen) atoms. The van der Waals surface area contributed by atoms with Crippen molar-refractivity contribution in [2.24, 2.45) is 0 Å². The van der Waals surface area contributed by atoms with Crippen LogP contribution in [0.1, 0.15) is 47.8 Å². The quantitative estimate of drug-likeness (QED) is 0.904.